The third kappa shape index (κ3) is 2.10. The number of anilines is 1. The molecule has 5 heteroatoms. The average Bonchev–Trinajstić information content (AvgIpc) is 2.46. The number of benzene rings is 1. The maximum atomic E-state index is 13.3. The zero-order valence-electron chi connectivity index (χ0n) is 8.14. The molecule has 0 saturated heterocycles. The Morgan fingerprint density at radius 3 is 2.53 bits per heavy atom. The lowest BCUT2D eigenvalue weighted by atomic mass is 10.3. The van der Waals surface area contributed by atoms with Gasteiger partial charge in [-0.25, -0.2) is 9.07 Å². The summed E-state index contributed by atoms with van der Waals surface area (Å²) < 4.78 is 14.7. The van der Waals surface area contributed by atoms with E-state index in [4.69, 9.17) is 5.73 Å². The molecule has 0 spiro atoms. The molecule has 0 aliphatic carbocycles. The second-order valence-electron chi connectivity index (χ2n) is 3.07. The van der Waals surface area contributed by atoms with E-state index in [1.807, 2.05) is 6.92 Å². The maximum absolute atomic E-state index is 13.3. The molecule has 0 bridgehead atoms. The smallest absolute Gasteiger partial charge is 0.148 e. The lowest BCUT2D eigenvalue weighted by molar-refractivity contribution is 0.611. The number of hydrogen-bond acceptors (Lipinski definition) is 2. The fourth-order valence-electron chi connectivity index (χ4n) is 1.34. The van der Waals surface area contributed by atoms with Gasteiger partial charge in [0.2, 0.25) is 0 Å². The second kappa shape index (κ2) is 4.31. The van der Waals surface area contributed by atoms with Gasteiger partial charge in [-0.3, -0.25) is 0 Å². The molecule has 15 heavy (non-hydrogen) atoms. The van der Waals surface area contributed by atoms with Crippen molar-refractivity contribution in [2.45, 2.75) is 6.92 Å². The Kier molecular flexibility index (Phi) is 3.31. The van der Waals surface area contributed by atoms with Crippen molar-refractivity contribution >= 4 is 18.2 Å². The van der Waals surface area contributed by atoms with Gasteiger partial charge in [0.25, 0.3) is 0 Å². The van der Waals surface area contributed by atoms with Gasteiger partial charge in [-0.1, -0.05) is 12.1 Å². The first kappa shape index (κ1) is 11.5. The topological polar surface area (TPSA) is 43.8 Å². The fourth-order valence-corrected chi connectivity index (χ4v) is 1.34. The Balaban J connectivity index is 0.00000112. The van der Waals surface area contributed by atoms with Crippen LogP contribution in [0.5, 0.6) is 0 Å². The summed E-state index contributed by atoms with van der Waals surface area (Å²) in [6.07, 6.45) is 0. The Hall–Kier alpha value is -1.55. The third-order valence-corrected chi connectivity index (χ3v) is 1.94. The van der Waals surface area contributed by atoms with Crippen molar-refractivity contribution in [3.63, 3.8) is 0 Å². The first-order valence-electron chi connectivity index (χ1n) is 4.25. The van der Waals surface area contributed by atoms with E-state index in [9.17, 15) is 4.39 Å². The first-order chi connectivity index (χ1) is 6.68. The first-order valence-corrected chi connectivity index (χ1v) is 4.25. The van der Waals surface area contributed by atoms with E-state index in [1.165, 1.54) is 10.7 Å². The highest BCUT2D eigenvalue weighted by molar-refractivity contribution is 5.85. The zero-order valence-corrected chi connectivity index (χ0v) is 8.96. The highest BCUT2D eigenvalue weighted by Crippen LogP contribution is 2.16. The molecule has 0 unspecified atom stereocenters. The number of aromatic nitrogens is 2. The quantitative estimate of drug-likeness (QED) is 0.813. The molecular weight excluding hydrogens is 217 g/mol. The molecule has 1 heterocycles. The summed E-state index contributed by atoms with van der Waals surface area (Å²) >= 11 is 0. The Bertz CT molecular complexity index is 467. The summed E-state index contributed by atoms with van der Waals surface area (Å²) in [5, 5.41) is 4.09. The van der Waals surface area contributed by atoms with Gasteiger partial charge in [0.1, 0.15) is 17.3 Å². The molecule has 0 aliphatic rings. The number of hydrogen-bond donors (Lipinski definition) is 1. The van der Waals surface area contributed by atoms with Crippen LogP contribution in [0.25, 0.3) is 5.69 Å². The fraction of sp³-hybridized carbons (Fsp3) is 0.100. The summed E-state index contributed by atoms with van der Waals surface area (Å²) in [6, 6.07) is 8.09. The number of aryl methyl sites for hydroxylation is 1. The number of nitrogens with zero attached hydrogens (tertiary/aromatic N) is 2. The van der Waals surface area contributed by atoms with Crippen molar-refractivity contribution in [1.29, 1.82) is 0 Å². The van der Waals surface area contributed by atoms with Crippen molar-refractivity contribution in [2.75, 3.05) is 5.73 Å². The van der Waals surface area contributed by atoms with Crippen LogP contribution in [-0.4, -0.2) is 9.78 Å². The lowest BCUT2D eigenvalue weighted by Crippen LogP contribution is -2.03. The van der Waals surface area contributed by atoms with Gasteiger partial charge in [-0.05, 0) is 19.1 Å². The van der Waals surface area contributed by atoms with Crippen LogP contribution >= 0.6 is 12.4 Å². The molecule has 1 aromatic carbocycles. The molecule has 0 saturated carbocycles. The molecule has 80 valence electrons. The average molecular weight is 228 g/mol. The largest absolute Gasteiger partial charge is 0.384 e. The molecule has 2 aromatic rings. The highest BCUT2D eigenvalue weighted by atomic mass is 35.5. The van der Waals surface area contributed by atoms with Gasteiger partial charge in [-0.15, -0.1) is 12.4 Å². The zero-order chi connectivity index (χ0) is 10.1. The Morgan fingerprint density at radius 1 is 1.33 bits per heavy atom. The van der Waals surface area contributed by atoms with Crippen LogP contribution < -0.4 is 5.73 Å². The van der Waals surface area contributed by atoms with Crippen molar-refractivity contribution in [3.8, 4) is 5.69 Å². The molecule has 0 radical (unpaired) electrons. The summed E-state index contributed by atoms with van der Waals surface area (Å²) in [5.74, 6) is 0.106. The number of halogens is 2. The van der Waals surface area contributed by atoms with Crippen LogP contribution in [0.3, 0.4) is 0 Å². The number of nitrogen functional groups attached to an aromatic ring is 1. The van der Waals surface area contributed by atoms with Crippen LogP contribution in [-0.2, 0) is 0 Å². The van der Waals surface area contributed by atoms with Crippen molar-refractivity contribution in [1.82, 2.24) is 9.78 Å². The minimum atomic E-state index is -0.331. The Morgan fingerprint density at radius 2 is 2.00 bits per heavy atom. The molecule has 0 aliphatic heterocycles. The predicted octanol–water partition coefficient (Wildman–Crippen LogP) is 2.32. The van der Waals surface area contributed by atoms with Gasteiger partial charge < -0.3 is 5.73 Å². The summed E-state index contributed by atoms with van der Waals surface area (Å²) in [5.41, 5.74) is 6.82. The van der Waals surface area contributed by atoms with E-state index < -0.39 is 0 Å². The summed E-state index contributed by atoms with van der Waals surface area (Å²) in [4.78, 5) is 0. The van der Waals surface area contributed by atoms with Gasteiger partial charge in [0, 0.05) is 6.07 Å². The summed E-state index contributed by atoms with van der Waals surface area (Å²) in [6.45, 7) is 1.81. The van der Waals surface area contributed by atoms with E-state index in [0.29, 0.717) is 11.5 Å². The standard InChI is InChI=1S/C10H10FN3.ClH/c1-7-6-10(12)14(13-7)9-5-3-2-4-8(9)11;/h2-6H,12H2,1H3;1H. The monoisotopic (exact) mass is 227 g/mol. The van der Waals surface area contributed by atoms with Crippen molar-refractivity contribution < 1.29 is 4.39 Å². The SMILES string of the molecule is Cc1cc(N)n(-c2ccccc2F)n1.Cl. The predicted molar refractivity (Wildman–Crippen MR) is 59.9 cm³/mol. The molecule has 1 aromatic heterocycles. The molecule has 2 N–H and O–H groups in total. The van der Waals surface area contributed by atoms with E-state index in [-0.39, 0.29) is 18.2 Å². The van der Waals surface area contributed by atoms with Gasteiger partial charge >= 0.3 is 0 Å². The summed E-state index contributed by atoms with van der Waals surface area (Å²) in [7, 11) is 0. The second-order valence-corrected chi connectivity index (χ2v) is 3.07. The van der Waals surface area contributed by atoms with Gasteiger partial charge in [-0.2, -0.15) is 5.10 Å². The van der Waals surface area contributed by atoms with Crippen LogP contribution in [0.1, 0.15) is 5.69 Å². The molecule has 2 rings (SSSR count). The highest BCUT2D eigenvalue weighted by Gasteiger charge is 2.07. The van der Waals surface area contributed by atoms with Gasteiger partial charge in [0.15, 0.2) is 0 Å². The number of nitrogens with two attached hydrogens (primary N) is 1. The third-order valence-electron chi connectivity index (χ3n) is 1.94. The minimum Gasteiger partial charge on any atom is -0.384 e. The normalized spacial score (nSPS) is 9.73. The van der Waals surface area contributed by atoms with E-state index >= 15 is 0 Å². The van der Waals surface area contributed by atoms with Crippen LogP contribution in [0.15, 0.2) is 30.3 Å². The lowest BCUT2D eigenvalue weighted by Gasteiger charge is -2.04. The van der Waals surface area contributed by atoms with Crippen LogP contribution in [0.4, 0.5) is 10.2 Å². The number of para-hydroxylation sites is 1. The van der Waals surface area contributed by atoms with Gasteiger partial charge in [0.05, 0.1) is 5.69 Å². The minimum absolute atomic E-state index is 0. The van der Waals surface area contributed by atoms with Crippen molar-refractivity contribution in [2.24, 2.45) is 0 Å². The van der Waals surface area contributed by atoms with E-state index in [0.717, 1.165) is 5.69 Å². The molecular formula is C10H11ClFN3. The van der Waals surface area contributed by atoms with Crippen molar-refractivity contribution in [3.05, 3.63) is 41.8 Å². The molecule has 0 amide bonds. The van der Waals surface area contributed by atoms with Crippen LogP contribution in [0.2, 0.25) is 0 Å². The van der Waals surface area contributed by atoms with E-state index in [2.05, 4.69) is 5.10 Å². The molecule has 0 fully saturated rings. The molecule has 3 nitrogen and oxygen atoms in total. The van der Waals surface area contributed by atoms with Crippen LogP contribution in [0, 0.1) is 12.7 Å². The maximum Gasteiger partial charge on any atom is 0.148 e. The number of rotatable bonds is 1. The van der Waals surface area contributed by atoms with E-state index in [1.54, 1.807) is 24.3 Å². The Labute approximate surface area is 93.1 Å². The molecule has 0 atom stereocenters.